The summed E-state index contributed by atoms with van der Waals surface area (Å²) in [5.74, 6) is -0.997. The predicted octanol–water partition coefficient (Wildman–Crippen LogP) is -1.08. The van der Waals surface area contributed by atoms with Crippen molar-refractivity contribution in [1.29, 1.82) is 0 Å². The molecule has 2 amide bonds. The maximum absolute atomic E-state index is 10.9. The molecule has 0 saturated carbocycles. The lowest BCUT2D eigenvalue weighted by molar-refractivity contribution is -0.122. The Morgan fingerprint density at radius 1 is 1.00 bits per heavy atom. The quantitative estimate of drug-likeness (QED) is 0.570. The van der Waals surface area contributed by atoms with E-state index in [1.165, 1.54) is 0 Å². The molecule has 0 heterocycles. The molecule has 0 saturated heterocycles. The Labute approximate surface area is 106 Å². The minimum Gasteiger partial charge on any atom is -0.369 e. The number of rotatable bonds is 7. The van der Waals surface area contributed by atoms with E-state index >= 15 is 0 Å². The topological polar surface area (TPSA) is 115 Å². The largest absolute Gasteiger partial charge is 0.369 e. The molecule has 18 heavy (non-hydrogen) atoms. The summed E-state index contributed by atoms with van der Waals surface area (Å²) in [6.07, 6.45) is 0. The summed E-state index contributed by atoms with van der Waals surface area (Å²) in [6, 6.07) is 7.57. The van der Waals surface area contributed by atoms with Gasteiger partial charge in [-0.2, -0.15) is 0 Å². The van der Waals surface area contributed by atoms with Crippen LogP contribution in [-0.2, 0) is 22.7 Å². The highest BCUT2D eigenvalue weighted by atomic mass is 16.2. The van der Waals surface area contributed by atoms with Crippen molar-refractivity contribution in [3.8, 4) is 0 Å². The maximum Gasteiger partial charge on any atom is 0.231 e. The van der Waals surface area contributed by atoms with Gasteiger partial charge >= 0.3 is 0 Å². The van der Waals surface area contributed by atoms with Gasteiger partial charge < -0.3 is 17.2 Å². The highest BCUT2D eigenvalue weighted by molar-refractivity contribution is 5.79. The van der Waals surface area contributed by atoms with Gasteiger partial charge in [0.05, 0.1) is 13.1 Å². The molecule has 0 fully saturated rings. The average molecular weight is 250 g/mol. The molecule has 0 aliphatic carbocycles. The molecule has 0 radical (unpaired) electrons. The first-order chi connectivity index (χ1) is 8.52. The average Bonchev–Trinajstić information content (AvgIpc) is 2.27. The lowest BCUT2D eigenvalue weighted by Crippen LogP contribution is -2.39. The van der Waals surface area contributed by atoms with Gasteiger partial charge in [0, 0.05) is 13.1 Å². The molecule has 6 N–H and O–H groups in total. The third-order valence-corrected chi connectivity index (χ3v) is 2.49. The van der Waals surface area contributed by atoms with Crippen molar-refractivity contribution >= 4 is 11.8 Å². The van der Waals surface area contributed by atoms with Crippen LogP contribution in [0.2, 0.25) is 0 Å². The van der Waals surface area contributed by atoms with Gasteiger partial charge in [0.1, 0.15) is 0 Å². The molecule has 0 unspecified atom stereocenters. The molecule has 0 aliphatic heterocycles. The summed E-state index contributed by atoms with van der Waals surface area (Å²) >= 11 is 0. The first-order valence-electron chi connectivity index (χ1n) is 5.58. The van der Waals surface area contributed by atoms with E-state index in [-0.39, 0.29) is 13.1 Å². The van der Waals surface area contributed by atoms with Crippen molar-refractivity contribution in [3.63, 3.8) is 0 Å². The van der Waals surface area contributed by atoms with Crippen LogP contribution < -0.4 is 17.2 Å². The molecule has 0 aliphatic rings. The van der Waals surface area contributed by atoms with E-state index in [0.717, 1.165) is 11.1 Å². The van der Waals surface area contributed by atoms with Crippen LogP contribution in [0.5, 0.6) is 0 Å². The maximum atomic E-state index is 10.9. The van der Waals surface area contributed by atoms with Crippen LogP contribution >= 0.6 is 0 Å². The van der Waals surface area contributed by atoms with Gasteiger partial charge in [-0.1, -0.05) is 24.3 Å². The Hall–Kier alpha value is -1.92. The second-order valence-corrected chi connectivity index (χ2v) is 4.05. The number of hydrogen-bond donors (Lipinski definition) is 3. The Morgan fingerprint density at radius 3 is 1.94 bits per heavy atom. The van der Waals surface area contributed by atoms with Crippen LogP contribution in [-0.4, -0.2) is 29.8 Å². The summed E-state index contributed by atoms with van der Waals surface area (Å²) in [4.78, 5) is 23.5. The molecule has 1 rings (SSSR count). The van der Waals surface area contributed by atoms with Crippen LogP contribution in [0.3, 0.4) is 0 Å². The van der Waals surface area contributed by atoms with Gasteiger partial charge in [-0.15, -0.1) is 0 Å². The van der Waals surface area contributed by atoms with E-state index < -0.39 is 11.8 Å². The third-order valence-electron chi connectivity index (χ3n) is 2.49. The molecule has 0 atom stereocenters. The van der Waals surface area contributed by atoms with Crippen molar-refractivity contribution in [2.45, 2.75) is 13.1 Å². The van der Waals surface area contributed by atoms with E-state index in [9.17, 15) is 9.59 Å². The molecule has 1 aromatic rings. The van der Waals surface area contributed by atoms with Crippen molar-refractivity contribution < 1.29 is 9.59 Å². The van der Waals surface area contributed by atoms with Crippen molar-refractivity contribution in [2.24, 2.45) is 17.2 Å². The Balaban J connectivity index is 2.81. The minimum atomic E-state index is -0.499. The van der Waals surface area contributed by atoms with Crippen molar-refractivity contribution in [1.82, 2.24) is 4.90 Å². The van der Waals surface area contributed by atoms with Gasteiger partial charge in [0.2, 0.25) is 11.8 Å². The normalized spacial score (nSPS) is 10.6. The zero-order chi connectivity index (χ0) is 13.5. The Bertz CT molecular complexity index is 418. The first kappa shape index (κ1) is 14.1. The number of carbonyl (C=O) groups excluding carboxylic acids is 2. The van der Waals surface area contributed by atoms with E-state index in [1.54, 1.807) is 4.90 Å². The summed E-state index contributed by atoms with van der Waals surface area (Å²) in [6.45, 7) is 0.792. The number of primary amides is 2. The highest BCUT2D eigenvalue weighted by Crippen LogP contribution is 2.10. The third kappa shape index (κ3) is 4.52. The van der Waals surface area contributed by atoms with Crippen LogP contribution in [0.25, 0.3) is 0 Å². The molecule has 0 bridgehead atoms. The van der Waals surface area contributed by atoms with Crippen molar-refractivity contribution in [2.75, 3.05) is 13.1 Å². The van der Waals surface area contributed by atoms with Crippen molar-refractivity contribution in [3.05, 3.63) is 35.4 Å². The SMILES string of the molecule is NCc1ccccc1CN(CC(N)=O)CC(N)=O. The Kier molecular flexibility index (Phi) is 5.29. The fourth-order valence-corrected chi connectivity index (χ4v) is 1.76. The van der Waals surface area contributed by atoms with E-state index in [1.807, 2.05) is 24.3 Å². The number of nitrogens with zero attached hydrogens (tertiary/aromatic N) is 1. The van der Waals surface area contributed by atoms with E-state index in [0.29, 0.717) is 13.1 Å². The van der Waals surface area contributed by atoms with Gasteiger partial charge in [-0.25, -0.2) is 0 Å². The molecule has 6 nitrogen and oxygen atoms in total. The molecular formula is C12H18N4O2. The summed E-state index contributed by atoms with van der Waals surface area (Å²) < 4.78 is 0. The fourth-order valence-electron chi connectivity index (χ4n) is 1.76. The Morgan fingerprint density at radius 2 is 1.50 bits per heavy atom. The number of benzene rings is 1. The molecular weight excluding hydrogens is 232 g/mol. The van der Waals surface area contributed by atoms with Gasteiger partial charge in [0.15, 0.2) is 0 Å². The van der Waals surface area contributed by atoms with Crippen LogP contribution in [0.15, 0.2) is 24.3 Å². The lowest BCUT2D eigenvalue weighted by atomic mass is 10.1. The molecule has 1 aromatic carbocycles. The van der Waals surface area contributed by atoms with Gasteiger partial charge in [-0.05, 0) is 11.1 Å². The number of hydrogen-bond acceptors (Lipinski definition) is 4. The molecule has 6 heteroatoms. The standard InChI is InChI=1S/C12H18N4O2/c13-5-9-3-1-2-4-10(9)6-16(7-11(14)17)8-12(15)18/h1-4H,5-8,13H2,(H2,14,17)(H2,15,18). The van der Waals surface area contributed by atoms with Crippen LogP contribution in [0.4, 0.5) is 0 Å². The summed E-state index contributed by atoms with van der Waals surface area (Å²) in [5.41, 5.74) is 17.8. The monoisotopic (exact) mass is 250 g/mol. The fraction of sp³-hybridized carbons (Fsp3) is 0.333. The minimum absolute atomic E-state index is 0.0121. The van der Waals surface area contributed by atoms with Gasteiger partial charge in [-0.3, -0.25) is 14.5 Å². The zero-order valence-electron chi connectivity index (χ0n) is 10.1. The highest BCUT2D eigenvalue weighted by Gasteiger charge is 2.13. The summed E-state index contributed by atoms with van der Waals surface area (Å²) in [7, 11) is 0. The number of carbonyl (C=O) groups is 2. The van der Waals surface area contributed by atoms with E-state index in [2.05, 4.69) is 0 Å². The second-order valence-electron chi connectivity index (χ2n) is 4.05. The first-order valence-corrected chi connectivity index (χ1v) is 5.58. The smallest absolute Gasteiger partial charge is 0.231 e. The zero-order valence-corrected chi connectivity index (χ0v) is 10.1. The summed E-state index contributed by atoms with van der Waals surface area (Å²) in [5, 5.41) is 0. The molecule has 98 valence electrons. The van der Waals surface area contributed by atoms with Crippen LogP contribution in [0.1, 0.15) is 11.1 Å². The molecule has 0 spiro atoms. The predicted molar refractivity (Wildman–Crippen MR) is 68.0 cm³/mol. The van der Waals surface area contributed by atoms with Gasteiger partial charge in [0.25, 0.3) is 0 Å². The molecule has 0 aromatic heterocycles. The lowest BCUT2D eigenvalue weighted by Gasteiger charge is -2.20. The van der Waals surface area contributed by atoms with Crippen LogP contribution in [0, 0.1) is 0 Å². The number of nitrogens with two attached hydrogens (primary N) is 3. The van der Waals surface area contributed by atoms with E-state index in [4.69, 9.17) is 17.2 Å². The number of amides is 2. The second kappa shape index (κ2) is 6.73.